The molecule has 78 valence electrons. The topological polar surface area (TPSA) is 119 Å². The number of amides is 2. The van der Waals surface area contributed by atoms with Crippen molar-refractivity contribution in [2.75, 3.05) is 0 Å². The molecule has 2 unspecified atom stereocenters. The van der Waals surface area contributed by atoms with Crippen LogP contribution in [-0.2, 0) is 14.4 Å². The lowest BCUT2D eigenvalue weighted by atomic mass is 10.2. The lowest BCUT2D eigenvalue weighted by molar-refractivity contribution is -0.186. The van der Waals surface area contributed by atoms with Crippen LogP contribution in [0.25, 0.3) is 0 Å². The Morgan fingerprint density at radius 1 is 1.79 bits per heavy atom. The summed E-state index contributed by atoms with van der Waals surface area (Å²) in [7, 11) is 0. The quantitative estimate of drug-likeness (QED) is 0.468. The van der Waals surface area contributed by atoms with Crippen LogP contribution < -0.4 is 11.5 Å². The van der Waals surface area contributed by atoms with Crippen LogP contribution in [0.3, 0.4) is 0 Å². The Labute approximate surface area is 79.9 Å². The summed E-state index contributed by atoms with van der Waals surface area (Å²) < 4.78 is 0. The summed E-state index contributed by atoms with van der Waals surface area (Å²) in [5, 5.41) is 9.45. The Hall–Kier alpha value is -1.60. The molecule has 0 aromatic carbocycles. The first-order valence-electron chi connectivity index (χ1n) is 3.90. The summed E-state index contributed by atoms with van der Waals surface area (Å²) in [6.07, 6.45) is 0.826. The SMILES string of the molecule is CC(N)C(=O)N1OC=C(O)C(N)C1=O. The molecule has 0 aromatic heterocycles. The molecule has 1 aliphatic rings. The first kappa shape index (κ1) is 10.5. The summed E-state index contributed by atoms with van der Waals surface area (Å²) in [4.78, 5) is 27.1. The van der Waals surface area contributed by atoms with E-state index in [1.165, 1.54) is 6.92 Å². The normalized spacial score (nSPS) is 23.9. The third kappa shape index (κ3) is 1.68. The fourth-order valence-electron chi connectivity index (χ4n) is 0.830. The zero-order chi connectivity index (χ0) is 10.9. The van der Waals surface area contributed by atoms with Crippen LogP contribution in [0.4, 0.5) is 0 Å². The number of carbonyl (C=O) groups is 2. The van der Waals surface area contributed by atoms with Gasteiger partial charge in [-0.2, -0.15) is 0 Å². The van der Waals surface area contributed by atoms with Gasteiger partial charge in [-0.1, -0.05) is 0 Å². The van der Waals surface area contributed by atoms with E-state index in [0.717, 1.165) is 6.26 Å². The van der Waals surface area contributed by atoms with Crippen molar-refractivity contribution in [3.8, 4) is 0 Å². The van der Waals surface area contributed by atoms with Crippen LogP contribution in [0, 0.1) is 0 Å². The minimum absolute atomic E-state index is 0.427. The second-order valence-electron chi connectivity index (χ2n) is 2.89. The summed E-state index contributed by atoms with van der Waals surface area (Å²) >= 11 is 0. The van der Waals surface area contributed by atoms with E-state index in [9.17, 15) is 9.59 Å². The maximum Gasteiger partial charge on any atom is 0.287 e. The standard InChI is InChI=1S/C7H11N3O4/c1-3(8)6(12)10-7(13)5(9)4(11)2-14-10/h2-3,5,11H,8-9H2,1H3. The van der Waals surface area contributed by atoms with E-state index >= 15 is 0 Å². The van der Waals surface area contributed by atoms with Gasteiger partial charge in [0, 0.05) is 0 Å². The number of hydrogen-bond donors (Lipinski definition) is 3. The molecule has 14 heavy (non-hydrogen) atoms. The van der Waals surface area contributed by atoms with Crippen molar-refractivity contribution in [3.63, 3.8) is 0 Å². The number of imide groups is 1. The van der Waals surface area contributed by atoms with E-state index in [-0.39, 0.29) is 0 Å². The van der Waals surface area contributed by atoms with Crippen molar-refractivity contribution in [1.29, 1.82) is 0 Å². The van der Waals surface area contributed by atoms with Gasteiger partial charge in [0.05, 0.1) is 6.04 Å². The highest BCUT2D eigenvalue weighted by atomic mass is 16.7. The number of aliphatic hydroxyl groups excluding tert-OH is 1. The van der Waals surface area contributed by atoms with Gasteiger partial charge >= 0.3 is 0 Å². The lowest BCUT2D eigenvalue weighted by Gasteiger charge is -2.26. The number of carbonyl (C=O) groups excluding carboxylic acids is 2. The molecule has 2 amide bonds. The van der Waals surface area contributed by atoms with Crippen LogP contribution in [0.15, 0.2) is 12.0 Å². The average Bonchev–Trinajstić information content (AvgIpc) is 2.13. The first-order chi connectivity index (χ1) is 6.45. The van der Waals surface area contributed by atoms with Crippen molar-refractivity contribution in [2.24, 2.45) is 11.5 Å². The van der Waals surface area contributed by atoms with Gasteiger partial charge in [-0.15, -0.1) is 5.06 Å². The van der Waals surface area contributed by atoms with Crippen LogP contribution >= 0.6 is 0 Å². The van der Waals surface area contributed by atoms with E-state index < -0.39 is 29.7 Å². The summed E-state index contributed by atoms with van der Waals surface area (Å²) in [6.45, 7) is 1.41. The molecule has 0 spiro atoms. The van der Waals surface area contributed by atoms with E-state index in [4.69, 9.17) is 16.6 Å². The highest BCUT2D eigenvalue weighted by Gasteiger charge is 2.35. The van der Waals surface area contributed by atoms with E-state index in [1.807, 2.05) is 0 Å². The Kier molecular flexibility index (Phi) is 2.73. The molecule has 5 N–H and O–H groups in total. The number of rotatable bonds is 1. The molecule has 0 aromatic rings. The maximum atomic E-state index is 11.3. The molecular weight excluding hydrogens is 190 g/mol. The number of hydrogen-bond acceptors (Lipinski definition) is 6. The molecule has 2 atom stereocenters. The number of aliphatic hydroxyl groups is 1. The molecule has 1 rings (SSSR count). The van der Waals surface area contributed by atoms with Crippen molar-refractivity contribution in [1.82, 2.24) is 5.06 Å². The Morgan fingerprint density at radius 3 is 2.86 bits per heavy atom. The van der Waals surface area contributed by atoms with Gasteiger partial charge in [-0.3, -0.25) is 9.59 Å². The van der Waals surface area contributed by atoms with Crippen LogP contribution in [-0.4, -0.2) is 34.1 Å². The number of nitrogens with zero attached hydrogens (tertiary/aromatic N) is 1. The molecule has 0 saturated carbocycles. The van der Waals surface area contributed by atoms with E-state index in [1.54, 1.807) is 0 Å². The Balaban J connectivity index is 2.85. The molecular formula is C7H11N3O4. The molecule has 1 aliphatic heterocycles. The second kappa shape index (κ2) is 3.64. The van der Waals surface area contributed by atoms with E-state index in [2.05, 4.69) is 4.84 Å². The largest absolute Gasteiger partial charge is 0.507 e. The van der Waals surface area contributed by atoms with Crippen LogP contribution in [0.2, 0.25) is 0 Å². The van der Waals surface area contributed by atoms with Gasteiger partial charge in [0.2, 0.25) is 0 Å². The third-order valence-electron chi connectivity index (χ3n) is 1.65. The lowest BCUT2D eigenvalue weighted by Crippen LogP contribution is -2.53. The first-order valence-corrected chi connectivity index (χ1v) is 3.90. The average molecular weight is 201 g/mol. The predicted octanol–water partition coefficient (Wildman–Crippen LogP) is -1.64. The minimum atomic E-state index is -1.27. The van der Waals surface area contributed by atoms with E-state index in [0.29, 0.717) is 5.06 Å². The highest BCUT2D eigenvalue weighted by molar-refractivity contribution is 6.00. The zero-order valence-corrected chi connectivity index (χ0v) is 7.51. The van der Waals surface area contributed by atoms with Crippen molar-refractivity contribution < 1.29 is 19.5 Å². The van der Waals surface area contributed by atoms with Crippen LogP contribution in [0.5, 0.6) is 0 Å². The van der Waals surface area contributed by atoms with Gasteiger partial charge in [-0.25, -0.2) is 0 Å². The Morgan fingerprint density at radius 2 is 2.36 bits per heavy atom. The molecule has 7 heteroatoms. The van der Waals surface area contributed by atoms with Gasteiger partial charge in [0.15, 0.2) is 12.0 Å². The second-order valence-corrected chi connectivity index (χ2v) is 2.89. The monoisotopic (exact) mass is 201 g/mol. The van der Waals surface area contributed by atoms with Crippen molar-refractivity contribution >= 4 is 11.8 Å². The molecule has 0 bridgehead atoms. The van der Waals surface area contributed by atoms with Gasteiger partial charge in [0.25, 0.3) is 11.8 Å². The van der Waals surface area contributed by atoms with Crippen molar-refractivity contribution in [3.05, 3.63) is 12.0 Å². The summed E-state index contributed by atoms with van der Waals surface area (Å²) in [5.74, 6) is -1.98. The van der Waals surface area contributed by atoms with Gasteiger partial charge in [0.1, 0.15) is 6.04 Å². The minimum Gasteiger partial charge on any atom is -0.507 e. The van der Waals surface area contributed by atoms with Crippen molar-refractivity contribution in [2.45, 2.75) is 19.0 Å². The third-order valence-corrected chi connectivity index (χ3v) is 1.65. The fraction of sp³-hybridized carbons (Fsp3) is 0.429. The van der Waals surface area contributed by atoms with Crippen LogP contribution in [0.1, 0.15) is 6.92 Å². The molecule has 0 fully saturated rings. The number of hydroxylamine groups is 2. The molecule has 7 nitrogen and oxygen atoms in total. The smallest absolute Gasteiger partial charge is 0.287 e. The Bertz CT molecular complexity index is 299. The van der Waals surface area contributed by atoms with Gasteiger partial charge in [-0.05, 0) is 6.92 Å². The highest BCUT2D eigenvalue weighted by Crippen LogP contribution is 2.11. The molecule has 0 radical (unpaired) electrons. The predicted molar refractivity (Wildman–Crippen MR) is 45.3 cm³/mol. The molecule has 0 saturated heterocycles. The summed E-state index contributed by atoms with van der Waals surface area (Å²) in [5.41, 5.74) is 10.5. The maximum absolute atomic E-state index is 11.3. The van der Waals surface area contributed by atoms with Gasteiger partial charge < -0.3 is 21.4 Å². The zero-order valence-electron chi connectivity index (χ0n) is 7.51. The summed E-state index contributed by atoms with van der Waals surface area (Å²) in [6, 6.07) is -2.15. The molecule has 1 heterocycles. The fourth-order valence-corrected chi connectivity index (χ4v) is 0.830. The number of nitrogens with two attached hydrogens (primary N) is 2. The molecule has 0 aliphatic carbocycles.